The van der Waals surface area contributed by atoms with Crippen LogP contribution in [0.25, 0.3) is 17.5 Å². The fourth-order valence-corrected chi connectivity index (χ4v) is 3.87. The fourth-order valence-electron chi connectivity index (χ4n) is 2.87. The summed E-state index contributed by atoms with van der Waals surface area (Å²) in [6.45, 7) is 6.55. The summed E-state index contributed by atoms with van der Waals surface area (Å²) in [5, 5.41) is 19.4. The zero-order chi connectivity index (χ0) is 20.4. The van der Waals surface area contributed by atoms with Crippen molar-refractivity contribution < 1.29 is 9.90 Å². The number of aliphatic carboxylic acids is 1. The van der Waals surface area contributed by atoms with Crippen LogP contribution in [0.4, 0.5) is 0 Å². The second-order valence-corrected chi connectivity index (χ2v) is 7.80. The molecule has 0 saturated heterocycles. The van der Waals surface area contributed by atoms with Gasteiger partial charge in [-0.1, -0.05) is 11.6 Å². The zero-order valence-electron chi connectivity index (χ0n) is 16.1. The molecule has 2 heterocycles. The number of benzene rings is 1. The second-order valence-electron chi connectivity index (χ2n) is 6.36. The number of hydrogen-bond donors (Lipinski definition) is 1. The molecule has 0 atom stereocenters. The molecule has 0 spiro atoms. The minimum Gasteiger partial charge on any atom is -0.477 e. The van der Waals surface area contributed by atoms with E-state index < -0.39 is 5.97 Å². The third-order valence-corrected chi connectivity index (χ3v) is 5.90. The van der Waals surface area contributed by atoms with Crippen molar-refractivity contribution in [2.24, 2.45) is 7.05 Å². The van der Waals surface area contributed by atoms with Crippen LogP contribution in [0.5, 0.6) is 0 Å². The number of rotatable bonds is 6. The summed E-state index contributed by atoms with van der Waals surface area (Å²) in [4.78, 5) is 12.1. The van der Waals surface area contributed by atoms with E-state index >= 15 is 0 Å². The van der Waals surface area contributed by atoms with Crippen molar-refractivity contribution in [3.63, 3.8) is 0 Å². The summed E-state index contributed by atoms with van der Waals surface area (Å²) in [5.74, 6) is -0.317. The highest BCUT2D eigenvalue weighted by Crippen LogP contribution is 2.31. The molecule has 0 fully saturated rings. The van der Waals surface area contributed by atoms with E-state index in [1.54, 1.807) is 18.2 Å². The number of nitrogens with zero attached hydrogens (tertiary/aromatic N) is 4. The summed E-state index contributed by atoms with van der Waals surface area (Å²) in [6.07, 6.45) is 1.69. The first kappa shape index (κ1) is 20.2. The highest BCUT2D eigenvalue weighted by Gasteiger charge is 2.19. The van der Waals surface area contributed by atoms with Crippen molar-refractivity contribution in [3.8, 4) is 11.4 Å². The summed E-state index contributed by atoms with van der Waals surface area (Å²) >= 11 is 7.06. The van der Waals surface area contributed by atoms with Gasteiger partial charge in [-0.2, -0.15) is 0 Å². The van der Waals surface area contributed by atoms with Crippen LogP contribution in [-0.2, 0) is 18.4 Å². The van der Waals surface area contributed by atoms with Crippen LogP contribution in [0.1, 0.15) is 23.9 Å². The maximum absolute atomic E-state index is 11.9. The molecule has 2 aromatic heterocycles. The Morgan fingerprint density at radius 3 is 2.46 bits per heavy atom. The SMILES string of the molecule is CCn1c(S/C(=C/c2cc(C)n(C)c2C)C(=O)O)nnc1-c1ccc(Cl)cc1. The molecule has 0 bridgehead atoms. The highest BCUT2D eigenvalue weighted by atomic mass is 35.5. The molecule has 3 aromatic rings. The Labute approximate surface area is 172 Å². The van der Waals surface area contributed by atoms with E-state index in [2.05, 4.69) is 10.2 Å². The van der Waals surface area contributed by atoms with Crippen molar-refractivity contribution >= 4 is 35.4 Å². The molecular weight excluding hydrogens is 396 g/mol. The van der Waals surface area contributed by atoms with Crippen LogP contribution in [0.15, 0.2) is 40.4 Å². The molecule has 0 unspecified atom stereocenters. The Bertz CT molecular complexity index is 1050. The van der Waals surface area contributed by atoms with Crippen molar-refractivity contribution in [3.05, 3.63) is 57.2 Å². The molecule has 0 aliphatic rings. The van der Waals surface area contributed by atoms with Gasteiger partial charge in [0.05, 0.1) is 0 Å². The Morgan fingerprint density at radius 2 is 1.93 bits per heavy atom. The van der Waals surface area contributed by atoms with Gasteiger partial charge < -0.3 is 14.2 Å². The minimum absolute atomic E-state index is 0.193. The van der Waals surface area contributed by atoms with Gasteiger partial charge in [0, 0.05) is 35.6 Å². The zero-order valence-corrected chi connectivity index (χ0v) is 17.7. The molecular formula is C20H21ClN4O2S. The number of hydrogen-bond acceptors (Lipinski definition) is 4. The minimum atomic E-state index is -0.996. The first-order valence-corrected chi connectivity index (χ1v) is 9.96. The molecule has 0 aliphatic heterocycles. The largest absolute Gasteiger partial charge is 0.477 e. The van der Waals surface area contributed by atoms with Crippen molar-refractivity contribution in [2.75, 3.05) is 0 Å². The van der Waals surface area contributed by atoms with Gasteiger partial charge in [0.1, 0.15) is 4.91 Å². The average molecular weight is 417 g/mol. The predicted octanol–water partition coefficient (Wildman–Crippen LogP) is 4.79. The topological polar surface area (TPSA) is 72.9 Å². The quantitative estimate of drug-likeness (QED) is 0.462. The van der Waals surface area contributed by atoms with Gasteiger partial charge in [-0.25, -0.2) is 4.79 Å². The van der Waals surface area contributed by atoms with Crippen LogP contribution in [0.2, 0.25) is 5.02 Å². The van der Waals surface area contributed by atoms with Gasteiger partial charge >= 0.3 is 5.97 Å². The summed E-state index contributed by atoms with van der Waals surface area (Å²) in [5.41, 5.74) is 3.84. The lowest BCUT2D eigenvalue weighted by molar-refractivity contribution is -0.131. The summed E-state index contributed by atoms with van der Waals surface area (Å²) in [7, 11) is 1.96. The number of thioether (sulfide) groups is 1. The number of carbonyl (C=O) groups is 1. The van der Waals surface area contributed by atoms with E-state index in [1.165, 1.54) is 0 Å². The van der Waals surface area contributed by atoms with Gasteiger partial charge in [0.2, 0.25) is 0 Å². The van der Waals surface area contributed by atoms with E-state index in [-0.39, 0.29) is 4.91 Å². The third-order valence-electron chi connectivity index (χ3n) is 4.65. The van der Waals surface area contributed by atoms with Crippen LogP contribution >= 0.6 is 23.4 Å². The number of halogens is 1. The Kier molecular flexibility index (Phi) is 5.96. The standard InChI is InChI=1S/C20H21ClN4O2S/c1-5-25-18(14-6-8-16(21)9-7-14)22-23-20(25)28-17(19(26)27)11-15-10-12(2)24(4)13(15)3/h6-11H,5H2,1-4H3,(H,26,27)/b17-11+. The molecule has 1 N–H and O–H groups in total. The molecule has 6 nitrogen and oxygen atoms in total. The van der Waals surface area contributed by atoms with E-state index in [1.807, 2.05) is 55.2 Å². The van der Waals surface area contributed by atoms with Crippen LogP contribution in [0, 0.1) is 13.8 Å². The van der Waals surface area contributed by atoms with Gasteiger partial charge in [-0.05, 0) is 74.5 Å². The van der Waals surface area contributed by atoms with Gasteiger partial charge in [0.25, 0.3) is 0 Å². The lowest BCUT2D eigenvalue weighted by Crippen LogP contribution is -2.03. The van der Waals surface area contributed by atoms with Crippen molar-refractivity contribution in [2.45, 2.75) is 32.5 Å². The predicted molar refractivity (Wildman–Crippen MR) is 112 cm³/mol. The molecule has 0 aliphatic carbocycles. The Morgan fingerprint density at radius 1 is 1.25 bits per heavy atom. The van der Waals surface area contributed by atoms with Crippen molar-refractivity contribution in [1.82, 2.24) is 19.3 Å². The van der Waals surface area contributed by atoms with Crippen LogP contribution in [0.3, 0.4) is 0 Å². The molecule has 0 radical (unpaired) electrons. The third kappa shape index (κ3) is 4.00. The van der Waals surface area contributed by atoms with E-state index in [0.717, 1.165) is 34.3 Å². The van der Waals surface area contributed by atoms with Crippen LogP contribution < -0.4 is 0 Å². The number of carboxylic acid groups (broad SMARTS) is 1. The summed E-state index contributed by atoms with van der Waals surface area (Å²) < 4.78 is 3.93. The van der Waals surface area contributed by atoms with E-state index in [9.17, 15) is 9.90 Å². The molecule has 0 saturated carbocycles. The Balaban J connectivity index is 1.98. The number of aryl methyl sites for hydroxylation is 1. The van der Waals surface area contributed by atoms with E-state index in [0.29, 0.717) is 22.5 Å². The highest BCUT2D eigenvalue weighted by molar-refractivity contribution is 8.04. The maximum atomic E-state index is 11.9. The second kappa shape index (κ2) is 8.24. The smallest absolute Gasteiger partial charge is 0.342 e. The lowest BCUT2D eigenvalue weighted by Gasteiger charge is -2.08. The lowest BCUT2D eigenvalue weighted by atomic mass is 10.2. The Hall–Kier alpha value is -2.51. The maximum Gasteiger partial charge on any atom is 0.342 e. The van der Waals surface area contributed by atoms with Gasteiger partial charge in [0.15, 0.2) is 11.0 Å². The number of carboxylic acids is 1. The van der Waals surface area contributed by atoms with Gasteiger partial charge in [-0.3, -0.25) is 0 Å². The number of aromatic nitrogens is 4. The normalized spacial score (nSPS) is 11.8. The summed E-state index contributed by atoms with van der Waals surface area (Å²) in [6, 6.07) is 9.31. The molecule has 3 rings (SSSR count). The molecule has 0 amide bonds. The van der Waals surface area contributed by atoms with E-state index in [4.69, 9.17) is 11.6 Å². The average Bonchev–Trinajstić information content (AvgIpc) is 3.18. The molecule has 28 heavy (non-hydrogen) atoms. The van der Waals surface area contributed by atoms with Crippen LogP contribution in [-0.4, -0.2) is 30.4 Å². The molecule has 1 aromatic carbocycles. The first-order chi connectivity index (χ1) is 13.3. The van der Waals surface area contributed by atoms with Gasteiger partial charge in [-0.15, -0.1) is 10.2 Å². The van der Waals surface area contributed by atoms with Crippen molar-refractivity contribution in [1.29, 1.82) is 0 Å². The molecule has 146 valence electrons. The first-order valence-electron chi connectivity index (χ1n) is 8.76. The molecule has 8 heteroatoms. The fraction of sp³-hybridized carbons (Fsp3) is 0.250. The monoisotopic (exact) mass is 416 g/mol.